The first-order valence-corrected chi connectivity index (χ1v) is 11.8. The van der Waals surface area contributed by atoms with Crippen molar-refractivity contribution in [3.63, 3.8) is 0 Å². The predicted molar refractivity (Wildman–Crippen MR) is 127 cm³/mol. The number of nitrogens with one attached hydrogen (secondary N) is 1. The van der Waals surface area contributed by atoms with Crippen LogP contribution < -0.4 is 5.32 Å². The molecule has 0 aliphatic heterocycles. The smallest absolute Gasteiger partial charge is 0.243 e. The molecule has 1 aliphatic rings. The third-order valence-corrected chi connectivity index (χ3v) is 6.55. The van der Waals surface area contributed by atoms with Gasteiger partial charge in [-0.3, -0.25) is 9.59 Å². The van der Waals surface area contributed by atoms with Gasteiger partial charge in [-0.25, -0.2) is 0 Å². The van der Waals surface area contributed by atoms with Crippen molar-refractivity contribution < 1.29 is 9.59 Å². The van der Waals surface area contributed by atoms with Gasteiger partial charge in [0.15, 0.2) is 0 Å². The highest BCUT2D eigenvalue weighted by Gasteiger charge is 2.30. The first-order valence-electron chi connectivity index (χ1n) is 10.7. The molecule has 2 aromatic carbocycles. The lowest BCUT2D eigenvalue weighted by atomic mass is 10.1. The van der Waals surface area contributed by atoms with E-state index < -0.39 is 6.04 Å². The zero-order valence-electron chi connectivity index (χ0n) is 17.5. The molecular weight excluding hydrogens is 455 g/mol. The van der Waals surface area contributed by atoms with Crippen molar-refractivity contribution in [1.82, 2.24) is 10.2 Å². The minimum Gasteiger partial charge on any atom is -0.352 e. The Kier molecular flexibility index (Phi) is 8.65. The van der Waals surface area contributed by atoms with Crippen LogP contribution in [0.5, 0.6) is 0 Å². The van der Waals surface area contributed by atoms with Gasteiger partial charge in [-0.2, -0.15) is 0 Å². The predicted octanol–water partition coefficient (Wildman–Crippen LogP) is 6.06. The number of benzene rings is 2. The van der Waals surface area contributed by atoms with Gasteiger partial charge in [-0.1, -0.05) is 72.8 Å². The van der Waals surface area contributed by atoms with Crippen LogP contribution in [0.15, 0.2) is 42.5 Å². The van der Waals surface area contributed by atoms with Gasteiger partial charge in [0, 0.05) is 27.7 Å². The summed E-state index contributed by atoms with van der Waals surface area (Å²) in [6, 6.07) is 12.0. The number of hydrogen-bond acceptors (Lipinski definition) is 2. The van der Waals surface area contributed by atoms with Crippen LogP contribution in [0.25, 0.3) is 0 Å². The topological polar surface area (TPSA) is 49.4 Å². The van der Waals surface area contributed by atoms with Crippen LogP contribution in [0.1, 0.15) is 50.2 Å². The maximum Gasteiger partial charge on any atom is 0.243 e. The summed E-state index contributed by atoms with van der Waals surface area (Å²) in [6.45, 7) is 2.24. The van der Waals surface area contributed by atoms with Crippen LogP contribution in [-0.4, -0.2) is 28.8 Å². The second kappa shape index (κ2) is 11.2. The fraction of sp³-hybridized carbons (Fsp3) is 0.417. The largest absolute Gasteiger partial charge is 0.352 e. The summed E-state index contributed by atoms with van der Waals surface area (Å²) < 4.78 is 0. The molecular formula is C24H27Cl3N2O2. The minimum absolute atomic E-state index is 0.0940. The molecule has 0 bridgehead atoms. The number of hydrogen-bond donors (Lipinski definition) is 1. The van der Waals surface area contributed by atoms with Crippen LogP contribution in [0, 0.1) is 0 Å². The van der Waals surface area contributed by atoms with Gasteiger partial charge in [0.2, 0.25) is 11.8 Å². The number of carbonyl (C=O) groups excluding carboxylic acids is 2. The third kappa shape index (κ3) is 6.61. The highest BCUT2D eigenvalue weighted by molar-refractivity contribution is 6.35. The van der Waals surface area contributed by atoms with Crippen molar-refractivity contribution in [2.24, 2.45) is 0 Å². The van der Waals surface area contributed by atoms with E-state index in [1.54, 1.807) is 35.2 Å². The van der Waals surface area contributed by atoms with Gasteiger partial charge >= 0.3 is 0 Å². The van der Waals surface area contributed by atoms with E-state index in [0.717, 1.165) is 31.2 Å². The summed E-state index contributed by atoms with van der Waals surface area (Å²) in [5.41, 5.74) is 1.59. The number of rotatable bonds is 8. The van der Waals surface area contributed by atoms with E-state index in [0.29, 0.717) is 33.6 Å². The summed E-state index contributed by atoms with van der Waals surface area (Å²) in [5.74, 6) is -0.258. The third-order valence-electron chi connectivity index (χ3n) is 5.71. The Morgan fingerprint density at radius 2 is 1.68 bits per heavy atom. The number of halogens is 3. The lowest BCUT2D eigenvalue weighted by Crippen LogP contribution is -2.51. The van der Waals surface area contributed by atoms with Crippen LogP contribution in [0.2, 0.25) is 15.1 Å². The van der Waals surface area contributed by atoms with Crippen LogP contribution in [0.3, 0.4) is 0 Å². The van der Waals surface area contributed by atoms with Gasteiger partial charge in [0.1, 0.15) is 6.04 Å². The molecule has 1 saturated carbocycles. The fourth-order valence-corrected chi connectivity index (χ4v) is 4.60. The van der Waals surface area contributed by atoms with Crippen molar-refractivity contribution in [2.75, 3.05) is 0 Å². The molecule has 166 valence electrons. The van der Waals surface area contributed by atoms with E-state index in [-0.39, 0.29) is 24.3 Å². The molecule has 31 heavy (non-hydrogen) atoms. The molecule has 3 rings (SSSR count). The van der Waals surface area contributed by atoms with E-state index >= 15 is 0 Å². The number of carbonyl (C=O) groups is 2. The summed E-state index contributed by atoms with van der Waals surface area (Å²) in [5, 5.41) is 4.73. The van der Waals surface area contributed by atoms with Gasteiger partial charge in [0.05, 0.1) is 6.42 Å². The Morgan fingerprint density at radius 1 is 1.03 bits per heavy atom. The van der Waals surface area contributed by atoms with Gasteiger partial charge in [-0.15, -0.1) is 0 Å². The van der Waals surface area contributed by atoms with E-state index in [4.69, 9.17) is 34.8 Å². The standard InChI is InChI=1S/C24H27Cl3N2O2/c1-2-22(24(31)28-20-5-3-4-6-20)29(15-16-7-10-18(25)11-8-16)23(30)13-17-9-12-19(26)14-21(17)27/h7-12,14,20,22H,2-6,13,15H2,1H3,(H,28,31). The summed E-state index contributed by atoms with van der Waals surface area (Å²) >= 11 is 18.3. The Balaban J connectivity index is 1.83. The van der Waals surface area contributed by atoms with Gasteiger partial charge in [0.25, 0.3) is 0 Å². The first-order chi connectivity index (χ1) is 14.9. The second-order valence-corrected chi connectivity index (χ2v) is 9.25. The maximum absolute atomic E-state index is 13.4. The molecule has 1 N–H and O–H groups in total. The van der Waals surface area contributed by atoms with E-state index in [1.165, 1.54) is 0 Å². The monoisotopic (exact) mass is 480 g/mol. The molecule has 0 spiro atoms. The zero-order valence-corrected chi connectivity index (χ0v) is 19.8. The van der Waals surface area contributed by atoms with E-state index in [1.807, 2.05) is 19.1 Å². The quantitative estimate of drug-likeness (QED) is 0.498. The Bertz CT molecular complexity index is 912. The lowest BCUT2D eigenvalue weighted by Gasteiger charge is -2.31. The Labute approximate surface area is 198 Å². The molecule has 0 radical (unpaired) electrons. The van der Waals surface area contributed by atoms with Crippen molar-refractivity contribution in [1.29, 1.82) is 0 Å². The molecule has 0 heterocycles. The molecule has 0 aromatic heterocycles. The molecule has 4 nitrogen and oxygen atoms in total. The number of amides is 2. The lowest BCUT2D eigenvalue weighted by molar-refractivity contribution is -0.141. The molecule has 0 saturated heterocycles. The van der Waals surface area contributed by atoms with Crippen LogP contribution in [-0.2, 0) is 22.6 Å². The highest BCUT2D eigenvalue weighted by Crippen LogP contribution is 2.24. The van der Waals surface area contributed by atoms with Crippen LogP contribution >= 0.6 is 34.8 Å². The molecule has 1 aliphatic carbocycles. The molecule has 1 unspecified atom stereocenters. The fourth-order valence-electron chi connectivity index (χ4n) is 4.00. The SMILES string of the molecule is CCC(C(=O)NC1CCCC1)N(Cc1ccc(Cl)cc1)C(=O)Cc1ccc(Cl)cc1Cl. The average Bonchev–Trinajstić information content (AvgIpc) is 3.24. The molecule has 1 atom stereocenters. The molecule has 2 aromatic rings. The van der Waals surface area contributed by atoms with Crippen molar-refractivity contribution in [2.45, 2.75) is 64.1 Å². The highest BCUT2D eigenvalue weighted by atomic mass is 35.5. The van der Waals surface area contributed by atoms with Crippen LogP contribution in [0.4, 0.5) is 0 Å². The maximum atomic E-state index is 13.4. The minimum atomic E-state index is -0.560. The Hall–Kier alpha value is -1.75. The van der Waals surface area contributed by atoms with Gasteiger partial charge in [-0.05, 0) is 54.7 Å². The van der Waals surface area contributed by atoms with Crippen molar-refractivity contribution in [3.8, 4) is 0 Å². The summed E-state index contributed by atoms with van der Waals surface area (Å²) in [6.07, 6.45) is 4.86. The Morgan fingerprint density at radius 3 is 2.29 bits per heavy atom. The normalized spacial score (nSPS) is 15.0. The first kappa shape index (κ1) is 23.9. The molecule has 1 fully saturated rings. The van der Waals surface area contributed by atoms with Crippen molar-refractivity contribution >= 4 is 46.6 Å². The van der Waals surface area contributed by atoms with Gasteiger partial charge < -0.3 is 10.2 Å². The average molecular weight is 482 g/mol. The van der Waals surface area contributed by atoms with E-state index in [9.17, 15) is 9.59 Å². The second-order valence-electron chi connectivity index (χ2n) is 7.97. The summed E-state index contributed by atoms with van der Waals surface area (Å²) in [7, 11) is 0. The summed E-state index contributed by atoms with van der Waals surface area (Å²) in [4.78, 5) is 28.2. The molecule has 7 heteroatoms. The number of nitrogens with zero attached hydrogens (tertiary/aromatic N) is 1. The van der Waals surface area contributed by atoms with Crippen molar-refractivity contribution in [3.05, 3.63) is 68.7 Å². The zero-order chi connectivity index (χ0) is 22.4. The van der Waals surface area contributed by atoms with E-state index in [2.05, 4.69) is 5.32 Å². The molecule has 2 amide bonds.